The minimum absolute atomic E-state index is 0.208. The summed E-state index contributed by atoms with van der Waals surface area (Å²) in [5, 5.41) is 8.42. The Morgan fingerprint density at radius 2 is 2.36 bits per heavy atom. The third-order valence-electron chi connectivity index (χ3n) is 1.72. The summed E-state index contributed by atoms with van der Waals surface area (Å²) in [6.45, 7) is 2.48. The van der Waals surface area contributed by atoms with Gasteiger partial charge in [-0.05, 0) is 6.08 Å². The van der Waals surface area contributed by atoms with Crippen molar-refractivity contribution >= 4 is 6.29 Å². The van der Waals surface area contributed by atoms with E-state index in [1.165, 1.54) is 6.08 Å². The van der Waals surface area contributed by atoms with Crippen LogP contribution in [0.3, 0.4) is 0 Å². The van der Waals surface area contributed by atoms with Crippen LogP contribution < -0.4 is 0 Å². The number of rotatable bonds is 3. The van der Waals surface area contributed by atoms with E-state index in [9.17, 15) is 4.79 Å². The molecule has 0 aromatic heterocycles. The van der Waals surface area contributed by atoms with Crippen LogP contribution in [0, 0.1) is 17.2 Å². The summed E-state index contributed by atoms with van der Waals surface area (Å²) in [5.74, 6) is 0.208. The Hall–Kier alpha value is -1.14. The van der Waals surface area contributed by atoms with Crippen LogP contribution in [0.5, 0.6) is 0 Å². The van der Waals surface area contributed by atoms with Crippen molar-refractivity contribution in [2.24, 2.45) is 5.92 Å². The predicted octanol–water partition coefficient (Wildman–Crippen LogP) is 0.197. The first-order valence-electron chi connectivity index (χ1n) is 3.59. The molecule has 0 aromatic rings. The minimum Gasteiger partial charge on any atom is -0.299 e. The maximum absolute atomic E-state index is 9.86. The van der Waals surface area contributed by atoms with Crippen LogP contribution in [0.4, 0.5) is 0 Å². The van der Waals surface area contributed by atoms with Crippen LogP contribution in [0.25, 0.3) is 0 Å². The van der Waals surface area contributed by atoms with E-state index in [-0.39, 0.29) is 5.92 Å². The molecule has 0 unspecified atom stereocenters. The normalized spacial score (nSPS) is 19.5. The lowest BCUT2D eigenvalue weighted by Crippen LogP contribution is -2.45. The van der Waals surface area contributed by atoms with E-state index in [4.69, 9.17) is 5.26 Å². The van der Waals surface area contributed by atoms with Crippen molar-refractivity contribution < 1.29 is 4.79 Å². The molecule has 1 aliphatic rings. The molecule has 0 aliphatic carbocycles. The van der Waals surface area contributed by atoms with Gasteiger partial charge < -0.3 is 0 Å². The van der Waals surface area contributed by atoms with Gasteiger partial charge in [0.05, 0.1) is 12.0 Å². The van der Waals surface area contributed by atoms with E-state index in [2.05, 4.69) is 11.0 Å². The Balaban J connectivity index is 2.10. The maximum Gasteiger partial charge on any atom is 0.142 e. The highest BCUT2D eigenvalue weighted by Crippen LogP contribution is 2.12. The second kappa shape index (κ2) is 3.89. The molecule has 1 fully saturated rings. The topological polar surface area (TPSA) is 44.1 Å². The fourth-order valence-electron chi connectivity index (χ4n) is 1.07. The van der Waals surface area contributed by atoms with Gasteiger partial charge in [-0.2, -0.15) is 5.26 Å². The summed E-state index contributed by atoms with van der Waals surface area (Å²) in [4.78, 5) is 12.0. The largest absolute Gasteiger partial charge is 0.299 e. The number of carbonyl (C=O) groups is 1. The monoisotopic (exact) mass is 150 g/mol. The van der Waals surface area contributed by atoms with Crippen molar-refractivity contribution in [3.63, 3.8) is 0 Å². The highest BCUT2D eigenvalue weighted by molar-refractivity contribution is 5.64. The zero-order valence-electron chi connectivity index (χ0n) is 6.23. The third kappa shape index (κ3) is 2.17. The molecule has 11 heavy (non-hydrogen) atoms. The Bertz CT molecular complexity index is 199. The quantitative estimate of drug-likeness (QED) is 0.426. The van der Waals surface area contributed by atoms with Gasteiger partial charge >= 0.3 is 0 Å². The Morgan fingerprint density at radius 1 is 1.64 bits per heavy atom. The average molecular weight is 150 g/mol. The third-order valence-corrected chi connectivity index (χ3v) is 1.72. The zero-order valence-corrected chi connectivity index (χ0v) is 6.23. The van der Waals surface area contributed by atoms with E-state index in [0.29, 0.717) is 0 Å². The molecule has 1 rings (SSSR count). The molecular formula is C8H10N2O. The van der Waals surface area contributed by atoms with Crippen molar-refractivity contribution in [3.05, 3.63) is 12.2 Å². The molecule has 0 atom stereocenters. The van der Waals surface area contributed by atoms with Gasteiger partial charge in [0.15, 0.2) is 0 Å². The van der Waals surface area contributed by atoms with Crippen molar-refractivity contribution in [2.45, 2.75) is 0 Å². The minimum atomic E-state index is 0.208. The van der Waals surface area contributed by atoms with Crippen molar-refractivity contribution in [1.82, 2.24) is 4.90 Å². The predicted molar refractivity (Wildman–Crippen MR) is 40.7 cm³/mol. The Labute approximate surface area is 65.9 Å². The lowest BCUT2D eigenvalue weighted by atomic mass is 10.0. The van der Waals surface area contributed by atoms with E-state index >= 15 is 0 Å². The number of nitrogens with zero attached hydrogens (tertiary/aromatic N) is 2. The van der Waals surface area contributed by atoms with Gasteiger partial charge in [0.25, 0.3) is 0 Å². The molecule has 0 amide bonds. The van der Waals surface area contributed by atoms with Crippen LogP contribution in [0.1, 0.15) is 0 Å². The van der Waals surface area contributed by atoms with Gasteiger partial charge in [-0.3, -0.25) is 9.69 Å². The molecule has 3 nitrogen and oxygen atoms in total. The average Bonchev–Trinajstić information content (AvgIpc) is 1.94. The van der Waals surface area contributed by atoms with Gasteiger partial charge in [-0.15, -0.1) is 0 Å². The Morgan fingerprint density at radius 3 is 2.91 bits per heavy atom. The zero-order chi connectivity index (χ0) is 8.10. The van der Waals surface area contributed by atoms with Gasteiger partial charge in [0, 0.05) is 19.6 Å². The SMILES string of the molecule is N#CC1CN(C/C=C/C=O)C1. The number of hydrogen-bond donors (Lipinski definition) is 0. The molecule has 58 valence electrons. The molecule has 1 aliphatic heterocycles. The summed E-state index contributed by atoms with van der Waals surface area (Å²) in [6, 6.07) is 2.19. The molecule has 1 heterocycles. The van der Waals surface area contributed by atoms with Gasteiger partial charge in [-0.25, -0.2) is 0 Å². The lowest BCUT2D eigenvalue weighted by molar-refractivity contribution is -0.104. The van der Waals surface area contributed by atoms with Crippen LogP contribution in [-0.4, -0.2) is 30.8 Å². The van der Waals surface area contributed by atoms with Crippen LogP contribution in [-0.2, 0) is 4.79 Å². The molecule has 0 aromatic carbocycles. The molecule has 0 radical (unpaired) electrons. The summed E-state index contributed by atoms with van der Waals surface area (Å²) in [6.07, 6.45) is 4.06. The first kappa shape index (κ1) is 7.96. The number of nitriles is 1. The van der Waals surface area contributed by atoms with E-state index in [0.717, 1.165) is 25.9 Å². The first-order valence-corrected chi connectivity index (χ1v) is 3.59. The lowest BCUT2D eigenvalue weighted by Gasteiger charge is -2.34. The summed E-state index contributed by atoms with van der Waals surface area (Å²) >= 11 is 0. The fraction of sp³-hybridized carbons (Fsp3) is 0.500. The number of aldehydes is 1. The van der Waals surface area contributed by atoms with Crippen molar-refractivity contribution in [1.29, 1.82) is 5.26 Å². The molecule has 1 saturated heterocycles. The number of hydrogen-bond acceptors (Lipinski definition) is 3. The van der Waals surface area contributed by atoms with E-state index in [1.54, 1.807) is 6.08 Å². The summed E-state index contributed by atoms with van der Waals surface area (Å²) in [5.41, 5.74) is 0. The highest BCUT2D eigenvalue weighted by atomic mass is 16.1. The number of carbonyl (C=O) groups excluding carboxylic acids is 1. The van der Waals surface area contributed by atoms with Crippen LogP contribution in [0.2, 0.25) is 0 Å². The first-order chi connectivity index (χ1) is 5.36. The van der Waals surface area contributed by atoms with Crippen molar-refractivity contribution in [2.75, 3.05) is 19.6 Å². The van der Waals surface area contributed by atoms with Crippen molar-refractivity contribution in [3.8, 4) is 6.07 Å². The number of likely N-dealkylation sites (tertiary alicyclic amines) is 1. The maximum atomic E-state index is 9.86. The van der Waals surface area contributed by atoms with Gasteiger partial charge in [0.2, 0.25) is 0 Å². The molecule has 0 saturated carbocycles. The van der Waals surface area contributed by atoms with Gasteiger partial charge in [0.1, 0.15) is 6.29 Å². The van der Waals surface area contributed by atoms with Crippen LogP contribution >= 0.6 is 0 Å². The summed E-state index contributed by atoms with van der Waals surface area (Å²) in [7, 11) is 0. The molecule has 0 N–H and O–H groups in total. The molecule has 3 heteroatoms. The second-order valence-corrected chi connectivity index (χ2v) is 2.61. The van der Waals surface area contributed by atoms with E-state index < -0.39 is 0 Å². The van der Waals surface area contributed by atoms with Crippen LogP contribution in [0.15, 0.2) is 12.2 Å². The highest BCUT2D eigenvalue weighted by Gasteiger charge is 2.24. The Kier molecular flexibility index (Phi) is 2.82. The fourth-order valence-corrected chi connectivity index (χ4v) is 1.07. The molecule has 0 bridgehead atoms. The number of allylic oxidation sites excluding steroid dienone is 1. The standard InChI is InChI=1S/C8H10N2O/c9-5-8-6-10(7-8)3-1-2-4-11/h1-2,4,8H,3,6-7H2/b2-1+. The second-order valence-electron chi connectivity index (χ2n) is 2.61. The molecular weight excluding hydrogens is 140 g/mol. The summed E-state index contributed by atoms with van der Waals surface area (Å²) < 4.78 is 0. The van der Waals surface area contributed by atoms with E-state index in [1.807, 2.05) is 0 Å². The van der Waals surface area contributed by atoms with Gasteiger partial charge in [-0.1, -0.05) is 6.08 Å². The smallest absolute Gasteiger partial charge is 0.142 e. The molecule has 0 spiro atoms.